The molecule has 1 rings (SSSR count). The van der Waals surface area contributed by atoms with Gasteiger partial charge in [0.25, 0.3) is 5.91 Å². The fraction of sp³-hybridized carbons (Fsp3) is 0.706. The van der Waals surface area contributed by atoms with Crippen molar-refractivity contribution >= 4 is 29.5 Å². The van der Waals surface area contributed by atoms with Crippen LogP contribution in [0.4, 0.5) is 0 Å². The Hall–Kier alpha value is -3.54. The number of carbonyl (C=O) groups excluding carboxylic acids is 5. The largest absolute Gasteiger partial charge is 0.355 e. The molecule has 0 saturated heterocycles. The highest BCUT2D eigenvalue weighted by Crippen LogP contribution is 2.14. The van der Waals surface area contributed by atoms with Crippen LogP contribution >= 0.6 is 0 Å². The molecule has 0 radical (unpaired) electrons. The molecule has 260 valence electrons. The molecule has 5 unspecified atom stereocenters. The fourth-order valence-electron chi connectivity index (χ4n) is 4.97. The van der Waals surface area contributed by atoms with Crippen LogP contribution in [-0.2, 0) is 19.2 Å². The van der Waals surface area contributed by atoms with Gasteiger partial charge in [0.15, 0.2) is 12.4 Å². The van der Waals surface area contributed by atoms with E-state index in [0.717, 1.165) is 0 Å². The van der Waals surface area contributed by atoms with Crippen LogP contribution in [0.3, 0.4) is 0 Å². The van der Waals surface area contributed by atoms with Crippen LogP contribution in [0, 0.1) is 23.7 Å². The second-order valence-corrected chi connectivity index (χ2v) is 13.1. The van der Waals surface area contributed by atoms with E-state index in [9.17, 15) is 24.0 Å². The van der Waals surface area contributed by atoms with E-state index in [1.165, 1.54) is 0 Å². The van der Waals surface area contributed by atoms with Crippen molar-refractivity contribution < 1.29 is 29.0 Å². The van der Waals surface area contributed by atoms with Crippen molar-refractivity contribution in [1.29, 1.82) is 0 Å². The van der Waals surface area contributed by atoms with Gasteiger partial charge in [0.1, 0.15) is 18.1 Å². The molecule has 5 amide bonds. The smallest absolute Gasteiger partial charge is 0.252 e. The molecule has 0 fully saturated rings. The lowest BCUT2D eigenvalue weighted by atomic mass is 9.94. The summed E-state index contributed by atoms with van der Waals surface area (Å²) < 4.78 is 0. The molecule has 7 N–H and O–H groups in total. The second-order valence-electron chi connectivity index (χ2n) is 13.1. The van der Waals surface area contributed by atoms with Crippen LogP contribution in [0.25, 0.3) is 0 Å². The highest BCUT2D eigenvalue weighted by molar-refractivity contribution is 5.98. The zero-order chi connectivity index (χ0) is 35.0. The molecule has 0 aliphatic carbocycles. The molecular formula is C34H60N7O5+. The molecule has 12 nitrogen and oxygen atoms in total. The molecule has 0 saturated carbocycles. The maximum atomic E-state index is 13.7. The molecule has 7 atom stereocenters. The number of aromatic nitrogens is 1. The molecule has 0 aliphatic rings. The maximum Gasteiger partial charge on any atom is 0.252 e. The van der Waals surface area contributed by atoms with Crippen molar-refractivity contribution in [2.75, 3.05) is 13.1 Å². The first-order valence-electron chi connectivity index (χ1n) is 16.9. The lowest BCUT2D eigenvalue weighted by Gasteiger charge is -2.31. The minimum absolute atomic E-state index is 0.0893. The Morgan fingerprint density at radius 2 is 1.20 bits per heavy atom. The second kappa shape index (κ2) is 20.6. The van der Waals surface area contributed by atoms with E-state index in [2.05, 4.69) is 36.9 Å². The summed E-state index contributed by atoms with van der Waals surface area (Å²) in [4.78, 5) is 68.6. The maximum absolute atomic E-state index is 13.7. The third-order valence-corrected chi connectivity index (χ3v) is 8.32. The monoisotopic (exact) mass is 646 g/mol. The predicted octanol–water partition coefficient (Wildman–Crippen LogP) is 1.96. The summed E-state index contributed by atoms with van der Waals surface area (Å²) in [6.45, 7) is 19.9. The number of hydrogen-bond donors (Lipinski definition) is 6. The van der Waals surface area contributed by atoms with Crippen LogP contribution < -0.4 is 36.9 Å². The van der Waals surface area contributed by atoms with Crippen LogP contribution in [0.1, 0.15) is 98.9 Å². The van der Waals surface area contributed by atoms with Crippen molar-refractivity contribution in [2.45, 2.75) is 119 Å². The molecule has 1 heterocycles. The first kappa shape index (κ1) is 40.5. The first-order chi connectivity index (χ1) is 21.7. The Morgan fingerprint density at radius 1 is 0.674 bits per heavy atom. The molecule has 1 aromatic rings. The standard InChI is InChI=1S/C34H59N7O5/c1-11-22(8)28(41-34(46)29(23(9)12-2)40-31(43)25-14-16-35-17-15-25)33(45)38-26(18-20(4)5)19-37-24(10)30(42)39-27(21(6)7)32(44)36-13-3/h14-17,20-24,26-29,37H,11-13,18-19H2,1-10H3,(H,36,44)(H,38,45)(H,39,42)(H,40,43)(H,41,46)/p+1/t22?,23?,24-,26?,27?,28-,29?/m0/s1. The number of nitrogens with one attached hydrogen (secondary N) is 7. The lowest BCUT2D eigenvalue weighted by Crippen LogP contribution is -2.59. The van der Waals surface area contributed by atoms with E-state index in [1.54, 1.807) is 31.5 Å². The molecule has 0 bridgehead atoms. The topological polar surface area (TPSA) is 172 Å². The number of pyridine rings is 1. The van der Waals surface area contributed by atoms with Crippen molar-refractivity contribution in [3.8, 4) is 0 Å². The third-order valence-electron chi connectivity index (χ3n) is 8.32. The summed E-state index contributed by atoms with van der Waals surface area (Å²) in [6.07, 6.45) is 5.21. The number of likely N-dealkylation sites (N-methyl/N-ethyl adjacent to an activating group) is 1. The van der Waals surface area contributed by atoms with E-state index in [-0.39, 0.29) is 53.3 Å². The number of aromatic amines is 1. The Balaban J connectivity index is 3.03. The van der Waals surface area contributed by atoms with Gasteiger partial charge in [-0.2, -0.15) is 0 Å². The van der Waals surface area contributed by atoms with Crippen LogP contribution in [0.5, 0.6) is 0 Å². The Bertz CT molecular complexity index is 1110. The van der Waals surface area contributed by atoms with Crippen molar-refractivity contribution in [3.63, 3.8) is 0 Å². The molecule has 0 aromatic carbocycles. The molecule has 0 spiro atoms. The molecule has 1 aromatic heterocycles. The lowest BCUT2D eigenvalue weighted by molar-refractivity contribution is -0.378. The quantitative estimate of drug-likeness (QED) is 0.126. The fourth-order valence-corrected chi connectivity index (χ4v) is 4.97. The molecule has 46 heavy (non-hydrogen) atoms. The van der Waals surface area contributed by atoms with Gasteiger partial charge in [-0.25, -0.2) is 4.98 Å². The van der Waals surface area contributed by atoms with E-state index >= 15 is 0 Å². The van der Waals surface area contributed by atoms with Gasteiger partial charge >= 0.3 is 0 Å². The Morgan fingerprint density at radius 3 is 1.70 bits per heavy atom. The van der Waals surface area contributed by atoms with Crippen LogP contribution in [0.15, 0.2) is 24.5 Å². The SMILES string of the molecule is CCNC(=O)C(NC(=O)[C@H](C)NCC(CC(C)C)NC(=O)[C@@H](NC(=O)C(NC(=O)c1cc[nH+]cc1)C(C)CC)C(C)CC)C(C)C. The van der Waals surface area contributed by atoms with Gasteiger partial charge < -0.3 is 31.9 Å². The Labute approximate surface area is 275 Å². The van der Waals surface area contributed by atoms with E-state index in [0.29, 0.717) is 37.9 Å². The summed E-state index contributed by atoms with van der Waals surface area (Å²) in [7, 11) is 0. The van der Waals surface area contributed by atoms with Gasteiger partial charge in [0, 0.05) is 31.3 Å². The van der Waals surface area contributed by atoms with Crippen molar-refractivity contribution in [3.05, 3.63) is 30.1 Å². The zero-order valence-corrected chi connectivity index (χ0v) is 29.6. The average Bonchev–Trinajstić information content (AvgIpc) is 3.02. The summed E-state index contributed by atoms with van der Waals surface area (Å²) in [5.74, 6) is -1.84. The highest BCUT2D eigenvalue weighted by atomic mass is 16.2. The van der Waals surface area contributed by atoms with E-state index < -0.39 is 30.1 Å². The van der Waals surface area contributed by atoms with Gasteiger partial charge in [0.2, 0.25) is 23.6 Å². The number of hydrogen-bond acceptors (Lipinski definition) is 6. The number of carbonyl (C=O) groups is 5. The zero-order valence-electron chi connectivity index (χ0n) is 29.6. The van der Waals surface area contributed by atoms with Crippen molar-refractivity contribution in [2.24, 2.45) is 23.7 Å². The Kier molecular flexibility index (Phi) is 18.1. The predicted molar refractivity (Wildman–Crippen MR) is 179 cm³/mol. The van der Waals surface area contributed by atoms with Gasteiger partial charge in [-0.1, -0.05) is 68.2 Å². The van der Waals surface area contributed by atoms with Gasteiger partial charge in [0.05, 0.1) is 11.6 Å². The van der Waals surface area contributed by atoms with Crippen LogP contribution in [0.2, 0.25) is 0 Å². The first-order valence-corrected chi connectivity index (χ1v) is 16.9. The molecular weight excluding hydrogens is 586 g/mol. The van der Waals surface area contributed by atoms with Gasteiger partial charge in [-0.05, 0) is 43.9 Å². The molecule has 12 heteroatoms. The van der Waals surface area contributed by atoms with Crippen LogP contribution in [-0.4, -0.2) is 72.8 Å². The number of amides is 5. The van der Waals surface area contributed by atoms with E-state index in [4.69, 9.17) is 0 Å². The third kappa shape index (κ3) is 13.4. The normalized spacial score (nSPS) is 15.9. The summed E-state index contributed by atoms with van der Waals surface area (Å²) >= 11 is 0. The van der Waals surface area contributed by atoms with Gasteiger partial charge in [-0.15, -0.1) is 0 Å². The number of rotatable bonds is 20. The van der Waals surface area contributed by atoms with Crippen molar-refractivity contribution in [1.82, 2.24) is 31.9 Å². The summed E-state index contributed by atoms with van der Waals surface area (Å²) in [5.41, 5.74) is 0.423. The minimum Gasteiger partial charge on any atom is -0.355 e. The summed E-state index contributed by atoms with van der Waals surface area (Å²) in [5, 5.41) is 17.7. The average molecular weight is 647 g/mol. The number of H-pyrrole nitrogens is 1. The summed E-state index contributed by atoms with van der Waals surface area (Å²) in [6, 6.07) is 0.0165. The van der Waals surface area contributed by atoms with E-state index in [1.807, 2.05) is 62.3 Å². The highest BCUT2D eigenvalue weighted by Gasteiger charge is 2.33. The minimum atomic E-state index is -0.831. The van der Waals surface area contributed by atoms with Gasteiger partial charge in [-0.3, -0.25) is 24.0 Å². The molecule has 0 aliphatic heterocycles.